The van der Waals surface area contributed by atoms with Crippen LogP contribution in [0.5, 0.6) is 0 Å². The summed E-state index contributed by atoms with van der Waals surface area (Å²) in [6.45, 7) is 6.38. The first-order chi connectivity index (χ1) is 12.5. The summed E-state index contributed by atoms with van der Waals surface area (Å²) in [5.41, 5.74) is 2.86. The summed E-state index contributed by atoms with van der Waals surface area (Å²) in [4.78, 5) is 40.5. The van der Waals surface area contributed by atoms with Gasteiger partial charge >= 0.3 is 0 Å². The quantitative estimate of drug-likeness (QED) is 0.759. The van der Waals surface area contributed by atoms with E-state index in [4.69, 9.17) is 0 Å². The number of hydrogen-bond donors (Lipinski definition) is 2. The number of carbonyl (C=O) groups is 3. The summed E-state index contributed by atoms with van der Waals surface area (Å²) in [5, 5.41) is 5.74. The molecule has 3 heterocycles. The van der Waals surface area contributed by atoms with Crippen LogP contribution in [0.25, 0.3) is 0 Å². The van der Waals surface area contributed by atoms with Crippen LogP contribution >= 0.6 is 0 Å². The van der Waals surface area contributed by atoms with Gasteiger partial charge in [0.1, 0.15) is 6.04 Å². The van der Waals surface area contributed by atoms with Crippen LogP contribution in [0.2, 0.25) is 0 Å². The zero-order valence-corrected chi connectivity index (χ0v) is 15.0. The number of imide groups is 1. The van der Waals surface area contributed by atoms with Gasteiger partial charge in [0.05, 0.1) is 0 Å². The molecule has 2 saturated heterocycles. The number of fused-ring (bicyclic) bond motifs is 1. The molecular weight excluding hydrogens is 332 g/mol. The van der Waals surface area contributed by atoms with Gasteiger partial charge in [0.2, 0.25) is 11.8 Å². The minimum absolute atomic E-state index is 0.107. The lowest BCUT2D eigenvalue weighted by Crippen LogP contribution is -2.52. The van der Waals surface area contributed by atoms with Gasteiger partial charge in [-0.15, -0.1) is 0 Å². The molecule has 2 N–H and O–H groups in total. The van der Waals surface area contributed by atoms with Crippen molar-refractivity contribution in [1.29, 1.82) is 0 Å². The molecule has 1 aromatic carbocycles. The number of nitrogens with one attached hydrogen (secondary N) is 2. The number of nitrogens with zero attached hydrogens (tertiary/aromatic N) is 2. The molecule has 3 amide bonds. The molecule has 4 rings (SSSR count). The minimum atomic E-state index is -0.557. The van der Waals surface area contributed by atoms with E-state index in [1.165, 1.54) is 0 Å². The predicted molar refractivity (Wildman–Crippen MR) is 95.2 cm³/mol. The Morgan fingerprint density at radius 1 is 1.23 bits per heavy atom. The van der Waals surface area contributed by atoms with Crippen LogP contribution in [0.3, 0.4) is 0 Å². The normalized spacial score (nSPS) is 26.8. The van der Waals surface area contributed by atoms with Crippen molar-refractivity contribution in [2.75, 3.05) is 19.6 Å². The Kier molecular flexibility index (Phi) is 4.50. The SMILES string of the molecule is CC1CNCCN1Cc1cccc2c1CN(C1CCC(=O)NC1=O)C2=O. The number of amides is 3. The average molecular weight is 356 g/mol. The maximum absolute atomic E-state index is 12.9. The van der Waals surface area contributed by atoms with E-state index in [9.17, 15) is 14.4 Å². The Hall–Kier alpha value is -2.25. The lowest BCUT2D eigenvalue weighted by molar-refractivity contribution is -0.136. The van der Waals surface area contributed by atoms with Crippen LogP contribution in [-0.4, -0.2) is 59.2 Å². The van der Waals surface area contributed by atoms with Gasteiger partial charge in [-0.2, -0.15) is 0 Å². The third-order valence-electron chi connectivity index (χ3n) is 5.69. The van der Waals surface area contributed by atoms with Gasteiger partial charge in [-0.05, 0) is 30.5 Å². The van der Waals surface area contributed by atoms with Crippen LogP contribution in [0.4, 0.5) is 0 Å². The maximum Gasteiger partial charge on any atom is 0.255 e. The number of benzene rings is 1. The first-order valence-corrected chi connectivity index (χ1v) is 9.25. The Morgan fingerprint density at radius 2 is 2.08 bits per heavy atom. The Bertz CT molecular complexity index is 763. The van der Waals surface area contributed by atoms with Gasteiger partial charge in [0, 0.05) is 50.7 Å². The summed E-state index contributed by atoms with van der Waals surface area (Å²) >= 11 is 0. The van der Waals surface area contributed by atoms with Crippen molar-refractivity contribution in [3.05, 3.63) is 34.9 Å². The summed E-state index contributed by atoms with van der Waals surface area (Å²) in [7, 11) is 0. The zero-order valence-electron chi connectivity index (χ0n) is 15.0. The minimum Gasteiger partial charge on any atom is -0.322 e. The Balaban J connectivity index is 1.56. The number of piperazine rings is 1. The van der Waals surface area contributed by atoms with E-state index in [1.54, 1.807) is 4.90 Å². The van der Waals surface area contributed by atoms with Gasteiger partial charge in [-0.3, -0.25) is 24.6 Å². The lowest BCUT2D eigenvalue weighted by Gasteiger charge is -2.34. The third kappa shape index (κ3) is 3.01. The Labute approximate surface area is 152 Å². The summed E-state index contributed by atoms with van der Waals surface area (Å²) in [6.07, 6.45) is 0.677. The van der Waals surface area contributed by atoms with Crippen LogP contribution in [0.15, 0.2) is 18.2 Å². The highest BCUT2D eigenvalue weighted by Crippen LogP contribution is 2.30. The van der Waals surface area contributed by atoms with E-state index >= 15 is 0 Å². The van der Waals surface area contributed by atoms with Gasteiger partial charge in [-0.25, -0.2) is 0 Å². The molecule has 0 radical (unpaired) electrons. The van der Waals surface area contributed by atoms with Gasteiger partial charge in [0.25, 0.3) is 5.91 Å². The molecule has 2 fully saturated rings. The van der Waals surface area contributed by atoms with Crippen molar-refractivity contribution in [1.82, 2.24) is 20.4 Å². The molecule has 138 valence electrons. The van der Waals surface area contributed by atoms with Crippen molar-refractivity contribution < 1.29 is 14.4 Å². The van der Waals surface area contributed by atoms with Crippen molar-refractivity contribution >= 4 is 17.7 Å². The lowest BCUT2D eigenvalue weighted by atomic mass is 10.0. The smallest absolute Gasteiger partial charge is 0.255 e. The van der Waals surface area contributed by atoms with E-state index in [0.717, 1.165) is 37.3 Å². The molecule has 0 saturated carbocycles. The number of rotatable bonds is 3. The molecule has 0 aromatic heterocycles. The van der Waals surface area contributed by atoms with E-state index in [0.29, 0.717) is 24.6 Å². The van der Waals surface area contributed by atoms with Crippen molar-refractivity contribution in [3.63, 3.8) is 0 Å². The average Bonchev–Trinajstić information content (AvgIpc) is 2.95. The second-order valence-electron chi connectivity index (χ2n) is 7.37. The van der Waals surface area contributed by atoms with Crippen molar-refractivity contribution in [2.24, 2.45) is 0 Å². The largest absolute Gasteiger partial charge is 0.322 e. The number of carbonyl (C=O) groups excluding carboxylic acids is 3. The van der Waals surface area contributed by atoms with Crippen molar-refractivity contribution in [2.45, 2.75) is 44.9 Å². The van der Waals surface area contributed by atoms with Gasteiger partial charge in [0.15, 0.2) is 0 Å². The van der Waals surface area contributed by atoms with E-state index in [2.05, 4.69) is 28.5 Å². The van der Waals surface area contributed by atoms with Crippen LogP contribution < -0.4 is 10.6 Å². The standard InChI is InChI=1S/C19H24N4O3/c1-12-9-20-7-8-22(12)10-13-3-2-4-14-15(13)11-23(19(14)26)16-5-6-17(24)21-18(16)25/h2-4,12,16,20H,5-11H2,1H3,(H,21,24,25). The molecule has 7 nitrogen and oxygen atoms in total. The number of piperidine rings is 1. The molecular formula is C19H24N4O3. The fourth-order valence-electron chi connectivity index (χ4n) is 4.13. The first-order valence-electron chi connectivity index (χ1n) is 9.25. The molecule has 26 heavy (non-hydrogen) atoms. The molecule has 0 bridgehead atoms. The predicted octanol–water partition coefficient (Wildman–Crippen LogP) is 0.241. The molecule has 1 aromatic rings. The fraction of sp³-hybridized carbons (Fsp3) is 0.526. The molecule has 3 aliphatic heterocycles. The van der Waals surface area contributed by atoms with Gasteiger partial charge < -0.3 is 10.2 Å². The second-order valence-corrected chi connectivity index (χ2v) is 7.37. The topological polar surface area (TPSA) is 81.8 Å². The van der Waals surface area contributed by atoms with Crippen LogP contribution in [0, 0.1) is 0 Å². The zero-order chi connectivity index (χ0) is 18.3. The van der Waals surface area contributed by atoms with E-state index < -0.39 is 6.04 Å². The van der Waals surface area contributed by atoms with E-state index in [1.807, 2.05) is 12.1 Å². The summed E-state index contributed by atoms with van der Waals surface area (Å²) in [6, 6.07) is 5.73. The molecule has 7 heteroatoms. The molecule has 3 aliphatic rings. The number of hydrogen-bond acceptors (Lipinski definition) is 5. The maximum atomic E-state index is 12.9. The fourth-order valence-corrected chi connectivity index (χ4v) is 4.13. The molecule has 2 atom stereocenters. The second kappa shape index (κ2) is 6.81. The van der Waals surface area contributed by atoms with E-state index in [-0.39, 0.29) is 24.1 Å². The first kappa shape index (κ1) is 17.2. The highest BCUT2D eigenvalue weighted by molar-refractivity contribution is 6.05. The molecule has 0 aliphatic carbocycles. The van der Waals surface area contributed by atoms with Crippen LogP contribution in [-0.2, 0) is 22.7 Å². The highest BCUT2D eigenvalue weighted by Gasteiger charge is 2.39. The summed E-state index contributed by atoms with van der Waals surface area (Å²) in [5.74, 6) is -0.729. The third-order valence-corrected chi connectivity index (χ3v) is 5.69. The van der Waals surface area contributed by atoms with Gasteiger partial charge in [-0.1, -0.05) is 12.1 Å². The molecule has 0 spiro atoms. The molecule has 2 unspecified atom stereocenters. The van der Waals surface area contributed by atoms with Crippen molar-refractivity contribution in [3.8, 4) is 0 Å². The highest BCUT2D eigenvalue weighted by atomic mass is 16.2. The van der Waals surface area contributed by atoms with Crippen LogP contribution in [0.1, 0.15) is 41.3 Å². The monoisotopic (exact) mass is 356 g/mol. The summed E-state index contributed by atoms with van der Waals surface area (Å²) < 4.78 is 0. The Morgan fingerprint density at radius 3 is 2.85 bits per heavy atom.